The summed E-state index contributed by atoms with van der Waals surface area (Å²) in [6.07, 6.45) is 3.60. The molecular weight excluding hydrogens is 405 g/mol. The highest BCUT2D eigenvalue weighted by molar-refractivity contribution is 7.46. The largest absolute Gasteiger partial charge is 0.503 e. The lowest BCUT2D eigenvalue weighted by molar-refractivity contribution is -0.746. The number of aromatic nitrogens is 2. The molecular formula is C17H27N3O8P+. The van der Waals surface area contributed by atoms with Crippen LogP contribution in [0.3, 0.4) is 0 Å². The van der Waals surface area contributed by atoms with Gasteiger partial charge in [0.25, 0.3) is 0 Å². The average Bonchev–Trinajstić information content (AvgIpc) is 3.15. The zero-order chi connectivity index (χ0) is 21.0. The number of rotatable bonds is 10. The van der Waals surface area contributed by atoms with Crippen LogP contribution in [0.2, 0.25) is 0 Å². The molecule has 0 bridgehead atoms. The number of hydrogen-bond donors (Lipinski definition) is 3. The summed E-state index contributed by atoms with van der Waals surface area (Å²) in [6.45, 7) is 1.66. The van der Waals surface area contributed by atoms with Crippen molar-refractivity contribution in [3.05, 3.63) is 12.3 Å². The molecule has 29 heavy (non-hydrogen) atoms. The van der Waals surface area contributed by atoms with Crippen molar-refractivity contribution in [2.24, 2.45) is 0 Å². The van der Waals surface area contributed by atoms with Crippen molar-refractivity contribution < 1.29 is 42.4 Å². The van der Waals surface area contributed by atoms with Crippen LogP contribution in [0.15, 0.2) is 12.3 Å². The maximum Gasteiger partial charge on any atom is 0.503 e. The predicted octanol–water partition coefficient (Wildman–Crippen LogP) is 0.991. The first-order valence-corrected chi connectivity index (χ1v) is 11.2. The van der Waals surface area contributed by atoms with E-state index >= 15 is 0 Å². The van der Waals surface area contributed by atoms with Crippen molar-refractivity contribution in [1.82, 2.24) is 4.98 Å². The molecule has 1 fully saturated rings. The van der Waals surface area contributed by atoms with Gasteiger partial charge in [0.05, 0.1) is 6.61 Å². The summed E-state index contributed by atoms with van der Waals surface area (Å²) >= 11 is 0. The summed E-state index contributed by atoms with van der Waals surface area (Å²) in [5.74, 6) is -0.160. The number of phosphoric acid groups is 1. The van der Waals surface area contributed by atoms with Crippen LogP contribution in [0.1, 0.15) is 51.7 Å². The van der Waals surface area contributed by atoms with Crippen LogP contribution in [0.5, 0.6) is 6.01 Å². The number of carbonyl (C=O) groups excluding carboxylic acids is 1. The summed E-state index contributed by atoms with van der Waals surface area (Å²) in [6, 6.07) is 1.78. The highest BCUT2D eigenvalue weighted by atomic mass is 31.2. The van der Waals surface area contributed by atoms with Gasteiger partial charge in [0, 0.05) is 17.5 Å². The second-order valence-corrected chi connectivity index (χ2v) is 8.33. The van der Waals surface area contributed by atoms with Crippen LogP contribution < -0.4 is 15.0 Å². The van der Waals surface area contributed by atoms with Gasteiger partial charge in [-0.25, -0.2) is 4.57 Å². The number of nitrogens with zero attached hydrogens (tertiary/aromatic N) is 2. The molecule has 1 aromatic heterocycles. The maximum atomic E-state index is 12.3. The van der Waals surface area contributed by atoms with E-state index in [0.29, 0.717) is 6.42 Å². The molecule has 3 rings (SSSR count). The SMILES string of the molecule is CCCCCCCC(=O)O[C@H]1[C@H]2Oc3nc(N)cc[n+]3[C@@H]2O[C@@H]1COP(=O)(O)O. The van der Waals surface area contributed by atoms with E-state index in [-0.39, 0.29) is 18.2 Å². The number of phosphoric ester groups is 1. The molecule has 4 atom stereocenters. The average molecular weight is 432 g/mol. The Morgan fingerprint density at radius 1 is 1.34 bits per heavy atom. The van der Waals surface area contributed by atoms with E-state index < -0.39 is 44.9 Å². The number of fused-ring (bicyclic) bond motifs is 3. The van der Waals surface area contributed by atoms with Gasteiger partial charge >= 0.3 is 19.8 Å². The first-order valence-electron chi connectivity index (χ1n) is 9.68. The fourth-order valence-electron chi connectivity index (χ4n) is 3.42. The Balaban J connectivity index is 1.66. The van der Waals surface area contributed by atoms with E-state index in [9.17, 15) is 9.36 Å². The van der Waals surface area contributed by atoms with E-state index in [1.165, 1.54) is 0 Å². The molecule has 12 heteroatoms. The number of ether oxygens (including phenoxy) is 3. The lowest BCUT2D eigenvalue weighted by Gasteiger charge is -2.21. The Hall–Kier alpha value is -1.78. The molecule has 11 nitrogen and oxygen atoms in total. The molecule has 0 spiro atoms. The summed E-state index contributed by atoms with van der Waals surface area (Å²) < 4.78 is 34.4. The molecule has 4 N–H and O–H groups in total. The lowest BCUT2D eigenvalue weighted by atomic mass is 10.1. The standard InChI is InChI=1S/C17H26N3O8P/c1-2-3-4-5-6-7-13(21)27-14-11(10-25-29(22,23)24)26-16-15(14)28-17-19-12(18)8-9-20(16)17/h8-9,11,14-16,18H,2-7,10H2,1H3,(H2,22,23,24)/p+1/t11-,14-,15-,16-/m1/s1. The topological polar surface area (TPSA) is 154 Å². The smallest absolute Gasteiger partial charge is 0.455 e. The quantitative estimate of drug-likeness (QED) is 0.211. The molecule has 0 amide bonds. The van der Waals surface area contributed by atoms with Gasteiger partial charge in [-0.3, -0.25) is 9.32 Å². The highest BCUT2D eigenvalue weighted by Crippen LogP contribution is 2.40. The van der Waals surface area contributed by atoms with Crippen molar-refractivity contribution in [2.45, 2.75) is 70.0 Å². The summed E-state index contributed by atoms with van der Waals surface area (Å²) in [7, 11) is -4.71. The first kappa shape index (κ1) is 21.9. The summed E-state index contributed by atoms with van der Waals surface area (Å²) in [5.41, 5.74) is 5.67. The lowest BCUT2D eigenvalue weighted by Crippen LogP contribution is -2.41. The third-order valence-corrected chi connectivity index (χ3v) is 5.30. The fourth-order valence-corrected chi connectivity index (χ4v) is 3.76. The Labute approximate surface area is 168 Å². The number of nitrogens with two attached hydrogens (primary N) is 1. The van der Waals surface area contributed by atoms with Crippen molar-refractivity contribution in [3.63, 3.8) is 0 Å². The number of unbranched alkanes of at least 4 members (excludes halogenated alkanes) is 4. The Morgan fingerprint density at radius 2 is 2.10 bits per heavy atom. The molecule has 0 saturated carbocycles. The minimum absolute atomic E-state index is 0.218. The molecule has 0 unspecified atom stereocenters. The number of nitrogen functional groups attached to an aromatic ring is 1. The molecule has 0 aromatic carbocycles. The minimum Gasteiger partial charge on any atom is -0.455 e. The van der Waals surface area contributed by atoms with Crippen LogP contribution in [0, 0.1) is 0 Å². The van der Waals surface area contributed by atoms with Crippen molar-refractivity contribution in [2.75, 3.05) is 12.3 Å². The molecule has 162 valence electrons. The minimum atomic E-state index is -4.71. The second-order valence-electron chi connectivity index (χ2n) is 7.09. The molecule has 2 aliphatic rings. The van der Waals surface area contributed by atoms with E-state index in [4.69, 9.17) is 29.7 Å². The Kier molecular flexibility index (Phi) is 7.07. The number of carbonyl (C=O) groups is 1. The van der Waals surface area contributed by atoms with E-state index in [1.807, 2.05) is 0 Å². The zero-order valence-corrected chi connectivity index (χ0v) is 17.1. The first-order chi connectivity index (χ1) is 13.8. The van der Waals surface area contributed by atoms with Gasteiger partial charge in [0.1, 0.15) is 12.3 Å². The van der Waals surface area contributed by atoms with Crippen LogP contribution in [-0.4, -0.2) is 45.7 Å². The Morgan fingerprint density at radius 3 is 2.83 bits per heavy atom. The van der Waals surface area contributed by atoms with Gasteiger partial charge < -0.3 is 29.7 Å². The van der Waals surface area contributed by atoms with Gasteiger partial charge in [-0.1, -0.05) is 32.6 Å². The van der Waals surface area contributed by atoms with Crippen LogP contribution >= 0.6 is 7.82 Å². The van der Waals surface area contributed by atoms with E-state index in [0.717, 1.165) is 25.7 Å². The van der Waals surface area contributed by atoms with Gasteiger partial charge in [0.2, 0.25) is 18.1 Å². The van der Waals surface area contributed by atoms with Gasteiger partial charge in [-0.05, 0) is 6.42 Å². The molecule has 1 aromatic rings. The second kappa shape index (κ2) is 9.36. The number of hydrogen-bond acceptors (Lipinski definition) is 8. The Bertz CT molecular complexity index is 773. The van der Waals surface area contributed by atoms with Crippen molar-refractivity contribution in [1.29, 1.82) is 0 Å². The van der Waals surface area contributed by atoms with Gasteiger partial charge in [-0.2, -0.15) is 4.57 Å². The summed E-state index contributed by atoms with van der Waals surface area (Å²) in [4.78, 5) is 34.4. The molecule has 1 saturated heterocycles. The number of esters is 1. The third kappa shape index (κ3) is 5.64. The normalized spacial score (nSPS) is 25.3. The van der Waals surface area contributed by atoms with Gasteiger partial charge in [0.15, 0.2) is 6.10 Å². The fraction of sp³-hybridized carbons (Fsp3) is 0.706. The van der Waals surface area contributed by atoms with Gasteiger partial charge in [-0.15, -0.1) is 0 Å². The molecule has 3 heterocycles. The molecule has 0 aliphatic carbocycles. The summed E-state index contributed by atoms with van der Waals surface area (Å²) in [5, 5.41) is 0. The van der Waals surface area contributed by atoms with E-state index in [1.54, 1.807) is 16.8 Å². The third-order valence-electron chi connectivity index (χ3n) is 4.81. The zero-order valence-electron chi connectivity index (χ0n) is 16.2. The number of anilines is 1. The van der Waals surface area contributed by atoms with E-state index in [2.05, 4.69) is 16.4 Å². The van der Waals surface area contributed by atoms with Crippen molar-refractivity contribution in [3.8, 4) is 6.01 Å². The predicted molar refractivity (Wildman–Crippen MR) is 98.4 cm³/mol. The monoisotopic (exact) mass is 432 g/mol. The molecule has 2 aliphatic heterocycles. The van der Waals surface area contributed by atoms with Crippen LogP contribution in [0.4, 0.5) is 5.82 Å². The van der Waals surface area contributed by atoms with Crippen LogP contribution in [-0.2, 0) is 23.4 Å². The highest BCUT2D eigenvalue weighted by Gasteiger charge is 2.58. The van der Waals surface area contributed by atoms with Crippen LogP contribution in [0.25, 0.3) is 0 Å². The maximum absolute atomic E-state index is 12.3. The molecule has 0 radical (unpaired) electrons. The van der Waals surface area contributed by atoms with Crippen molar-refractivity contribution >= 4 is 19.6 Å².